The third kappa shape index (κ3) is 3.79. The van der Waals surface area contributed by atoms with Gasteiger partial charge in [-0.05, 0) is 62.2 Å². The van der Waals surface area contributed by atoms with E-state index in [2.05, 4.69) is 37.2 Å². The first-order valence-electron chi connectivity index (χ1n) is 5.53. The normalized spacial score (nSPS) is 10.9. The number of thiophene rings is 1. The van der Waals surface area contributed by atoms with Crippen LogP contribution in [-0.2, 0) is 4.79 Å². The van der Waals surface area contributed by atoms with E-state index in [0.717, 1.165) is 13.1 Å². The van der Waals surface area contributed by atoms with Gasteiger partial charge >= 0.3 is 0 Å². The van der Waals surface area contributed by atoms with Crippen molar-refractivity contribution in [2.75, 3.05) is 5.32 Å². The predicted molar refractivity (Wildman–Crippen MR) is 88.4 cm³/mol. The molecule has 2 rings (SSSR count). The van der Waals surface area contributed by atoms with E-state index in [1.54, 1.807) is 12.1 Å². The van der Waals surface area contributed by atoms with Gasteiger partial charge in [0.1, 0.15) is 11.6 Å². The van der Waals surface area contributed by atoms with E-state index >= 15 is 0 Å². The second kappa shape index (κ2) is 6.84. The van der Waals surface area contributed by atoms with E-state index in [-0.39, 0.29) is 5.57 Å². The SMILES string of the molecule is N#CC(=Cc1ccc(Br)s1)C(=O)Nc1ccccc1Br. The molecule has 0 bridgehead atoms. The smallest absolute Gasteiger partial charge is 0.266 e. The Morgan fingerprint density at radius 2 is 2.00 bits per heavy atom. The predicted octanol–water partition coefficient (Wildman–Crippen LogP) is 4.82. The van der Waals surface area contributed by atoms with Crippen LogP contribution >= 0.6 is 43.2 Å². The molecule has 0 saturated carbocycles. The minimum absolute atomic E-state index is 0.0649. The highest BCUT2D eigenvalue weighted by molar-refractivity contribution is 9.11. The molecule has 1 N–H and O–H groups in total. The summed E-state index contributed by atoms with van der Waals surface area (Å²) in [6, 6.07) is 12.9. The van der Waals surface area contributed by atoms with Crippen LogP contribution in [0.15, 0.2) is 50.2 Å². The number of rotatable bonds is 3. The first kappa shape index (κ1) is 15.0. The number of amides is 1. The number of nitriles is 1. The van der Waals surface area contributed by atoms with Crippen molar-refractivity contribution in [2.24, 2.45) is 0 Å². The van der Waals surface area contributed by atoms with E-state index in [9.17, 15) is 4.79 Å². The number of benzene rings is 1. The molecule has 0 atom stereocenters. The van der Waals surface area contributed by atoms with E-state index in [1.807, 2.05) is 36.4 Å². The third-order valence-electron chi connectivity index (χ3n) is 2.37. The molecular formula is C14H8Br2N2OS. The zero-order chi connectivity index (χ0) is 14.5. The summed E-state index contributed by atoms with van der Waals surface area (Å²) in [7, 11) is 0. The zero-order valence-corrected chi connectivity index (χ0v) is 14.0. The molecule has 0 saturated heterocycles. The molecule has 0 spiro atoms. The second-order valence-electron chi connectivity index (χ2n) is 3.75. The number of para-hydroxylation sites is 1. The molecule has 0 radical (unpaired) electrons. The second-order valence-corrected chi connectivity index (χ2v) is 7.09. The van der Waals surface area contributed by atoms with Crippen LogP contribution in [0.5, 0.6) is 0 Å². The van der Waals surface area contributed by atoms with Gasteiger partial charge in [0.2, 0.25) is 0 Å². The molecule has 0 fully saturated rings. The van der Waals surface area contributed by atoms with E-state index in [1.165, 1.54) is 11.3 Å². The maximum absolute atomic E-state index is 12.1. The lowest BCUT2D eigenvalue weighted by Crippen LogP contribution is -2.13. The van der Waals surface area contributed by atoms with Crippen molar-refractivity contribution >= 4 is 60.9 Å². The summed E-state index contributed by atoms with van der Waals surface area (Å²) in [6.07, 6.45) is 1.57. The highest BCUT2D eigenvalue weighted by atomic mass is 79.9. The standard InChI is InChI=1S/C14H8Br2N2OS/c15-11-3-1-2-4-12(11)18-14(19)9(8-17)7-10-5-6-13(16)20-10/h1-7H,(H,18,19). The average Bonchev–Trinajstić information content (AvgIpc) is 2.84. The molecule has 2 aromatic rings. The summed E-state index contributed by atoms with van der Waals surface area (Å²) in [6.45, 7) is 0. The molecule has 1 amide bonds. The number of hydrogen-bond donors (Lipinski definition) is 1. The van der Waals surface area contributed by atoms with Gasteiger partial charge in [-0.15, -0.1) is 11.3 Å². The van der Waals surface area contributed by atoms with Crippen LogP contribution in [0.1, 0.15) is 4.88 Å². The van der Waals surface area contributed by atoms with Gasteiger partial charge in [-0.2, -0.15) is 5.26 Å². The van der Waals surface area contributed by atoms with Gasteiger partial charge in [0.15, 0.2) is 0 Å². The fourth-order valence-electron chi connectivity index (χ4n) is 1.45. The Balaban J connectivity index is 2.21. The molecule has 0 aliphatic rings. The van der Waals surface area contributed by atoms with Crippen LogP contribution in [-0.4, -0.2) is 5.91 Å². The van der Waals surface area contributed by atoms with Crippen LogP contribution in [0.4, 0.5) is 5.69 Å². The number of halogens is 2. The first-order chi connectivity index (χ1) is 9.60. The molecule has 6 heteroatoms. The van der Waals surface area contributed by atoms with Gasteiger partial charge < -0.3 is 5.32 Å². The summed E-state index contributed by atoms with van der Waals surface area (Å²) in [5.74, 6) is -0.427. The van der Waals surface area contributed by atoms with Gasteiger partial charge in [-0.1, -0.05) is 12.1 Å². The summed E-state index contributed by atoms with van der Waals surface area (Å²) >= 11 is 8.15. The minimum atomic E-state index is -0.427. The van der Waals surface area contributed by atoms with Gasteiger partial charge in [-0.3, -0.25) is 4.79 Å². The van der Waals surface area contributed by atoms with Gasteiger partial charge in [-0.25, -0.2) is 0 Å². The van der Waals surface area contributed by atoms with Crippen molar-refractivity contribution in [3.63, 3.8) is 0 Å². The quantitative estimate of drug-likeness (QED) is 0.581. The lowest BCUT2D eigenvalue weighted by molar-refractivity contribution is -0.112. The molecule has 1 heterocycles. The summed E-state index contributed by atoms with van der Waals surface area (Å²) in [5, 5.41) is 11.8. The molecule has 1 aromatic heterocycles. The Labute approximate surface area is 137 Å². The molecule has 100 valence electrons. The fraction of sp³-hybridized carbons (Fsp3) is 0. The lowest BCUT2D eigenvalue weighted by atomic mass is 10.2. The average molecular weight is 412 g/mol. The number of carbonyl (C=O) groups is 1. The number of anilines is 1. The number of nitrogens with one attached hydrogen (secondary N) is 1. The first-order valence-corrected chi connectivity index (χ1v) is 7.93. The Kier molecular flexibility index (Phi) is 5.12. The summed E-state index contributed by atoms with van der Waals surface area (Å²) < 4.78 is 1.72. The summed E-state index contributed by atoms with van der Waals surface area (Å²) in [5.41, 5.74) is 0.695. The maximum atomic E-state index is 12.1. The molecular weight excluding hydrogens is 404 g/mol. The number of hydrogen-bond acceptors (Lipinski definition) is 3. The molecule has 0 aliphatic carbocycles. The topological polar surface area (TPSA) is 52.9 Å². The highest BCUT2D eigenvalue weighted by Crippen LogP contribution is 2.25. The third-order valence-corrected chi connectivity index (χ3v) is 4.63. The number of nitrogens with zero attached hydrogens (tertiary/aromatic N) is 1. The van der Waals surface area contributed by atoms with Crippen molar-refractivity contribution in [1.82, 2.24) is 0 Å². The molecule has 20 heavy (non-hydrogen) atoms. The zero-order valence-electron chi connectivity index (χ0n) is 10.1. The highest BCUT2D eigenvalue weighted by Gasteiger charge is 2.11. The van der Waals surface area contributed by atoms with Crippen LogP contribution in [0.25, 0.3) is 6.08 Å². The Morgan fingerprint density at radius 3 is 2.60 bits per heavy atom. The van der Waals surface area contributed by atoms with Crippen LogP contribution < -0.4 is 5.32 Å². The van der Waals surface area contributed by atoms with Crippen LogP contribution in [0.3, 0.4) is 0 Å². The Morgan fingerprint density at radius 1 is 1.25 bits per heavy atom. The monoisotopic (exact) mass is 410 g/mol. The summed E-state index contributed by atoms with van der Waals surface area (Å²) in [4.78, 5) is 12.9. The lowest BCUT2D eigenvalue weighted by Gasteiger charge is -2.05. The molecule has 0 aliphatic heterocycles. The van der Waals surface area contributed by atoms with Crippen LogP contribution in [0.2, 0.25) is 0 Å². The minimum Gasteiger partial charge on any atom is -0.320 e. The fourth-order valence-corrected chi connectivity index (χ4v) is 3.20. The van der Waals surface area contributed by atoms with Crippen molar-refractivity contribution in [2.45, 2.75) is 0 Å². The maximum Gasteiger partial charge on any atom is 0.266 e. The van der Waals surface area contributed by atoms with Crippen LogP contribution in [0, 0.1) is 11.3 Å². The Bertz CT molecular complexity index is 716. The molecule has 0 unspecified atom stereocenters. The van der Waals surface area contributed by atoms with E-state index in [4.69, 9.17) is 5.26 Å². The Hall–Kier alpha value is -1.42. The van der Waals surface area contributed by atoms with Crippen molar-refractivity contribution in [3.05, 3.63) is 55.1 Å². The van der Waals surface area contributed by atoms with Crippen molar-refractivity contribution < 1.29 is 4.79 Å². The van der Waals surface area contributed by atoms with Crippen molar-refractivity contribution in [1.29, 1.82) is 5.26 Å². The number of carbonyl (C=O) groups excluding carboxylic acids is 1. The van der Waals surface area contributed by atoms with E-state index in [0.29, 0.717) is 5.69 Å². The molecule has 1 aromatic carbocycles. The van der Waals surface area contributed by atoms with Gasteiger partial charge in [0.25, 0.3) is 5.91 Å². The van der Waals surface area contributed by atoms with E-state index < -0.39 is 5.91 Å². The van der Waals surface area contributed by atoms with Gasteiger partial charge in [0.05, 0.1) is 9.47 Å². The molecule has 3 nitrogen and oxygen atoms in total. The van der Waals surface area contributed by atoms with Gasteiger partial charge in [0, 0.05) is 9.35 Å². The largest absolute Gasteiger partial charge is 0.320 e. The van der Waals surface area contributed by atoms with Crippen molar-refractivity contribution in [3.8, 4) is 6.07 Å².